The fourth-order valence-corrected chi connectivity index (χ4v) is 4.01. The highest BCUT2D eigenvalue weighted by molar-refractivity contribution is 7.90. The van der Waals surface area contributed by atoms with Gasteiger partial charge in [-0.15, -0.1) is 0 Å². The van der Waals surface area contributed by atoms with Crippen LogP contribution in [0.15, 0.2) is 66.2 Å². The van der Waals surface area contributed by atoms with Gasteiger partial charge >= 0.3 is 10.1 Å². The molecule has 0 spiro atoms. The number of hydrogen-bond donors (Lipinski definition) is 1. The number of nitrogens with two attached hydrogens (primary N) is 1. The minimum atomic E-state index is -4.26. The van der Waals surface area contributed by atoms with Gasteiger partial charge in [-0.05, 0) is 23.3 Å². The van der Waals surface area contributed by atoms with Crippen molar-refractivity contribution in [2.75, 3.05) is 0 Å². The third-order valence-corrected chi connectivity index (χ3v) is 6.98. The molecule has 11 heteroatoms. The number of halogens is 1. The van der Waals surface area contributed by atoms with Crippen molar-refractivity contribution in [2.24, 2.45) is 5.73 Å². The van der Waals surface area contributed by atoms with Gasteiger partial charge in [-0.3, -0.25) is 4.79 Å². The highest BCUT2D eigenvalue weighted by Crippen LogP contribution is 2.38. The van der Waals surface area contributed by atoms with Gasteiger partial charge in [0.15, 0.2) is 13.3 Å². The molecule has 28 heavy (non-hydrogen) atoms. The van der Waals surface area contributed by atoms with E-state index in [-0.39, 0.29) is 5.88 Å². The lowest BCUT2D eigenvalue weighted by atomic mass is 9.65. The van der Waals surface area contributed by atoms with Crippen LogP contribution in [-0.4, -0.2) is 37.7 Å². The number of Topliss-reactive ketones (excluding diaryl/α,β-unsaturated/α-hetero) is 1. The number of ether oxygens (including phenoxy) is 1. The van der Waals surface area contributed by atoms with Crippen LogP contribution in [0.1, 0.15) is 11.1 Å². The monoisotopic (exact) mass is 415 g/mol. The van der Waals surface area contributed by atoms with Crippen LogP contribution >= 0.6 is 11.6 Å². The molecule has 2 N–H and O–H groups in total. The van der Waals surface area contributed by atoms with Gasteiger partial charge in [0, 0.05) is 5.02 Å². The lowest BCUT2D eigenvalue weighted by Crippen LogP contribution is -2.40. The molecule has 0 saturated heterocycles. The SMILES string of the molecule is BC(B)(c1ccccc1)S(=O)(=O)OC1=C(N)O[C@@](B)(c2ccc(Cl)cc2)C1=O. The minimum Gasteiger partial charge on any atom is -0.467 e. The van der Waals surface area contributed by atoms with E-state index in [4.69, 9.17) is 26.3 Å². The van der Waals surface area contributed by atoms with Crippen LogP contribution in [0.2, 0.25) is 5.02 Å². The molecule has 2 aromatic carbocycles. The van der Waals surface area contributed by atoms with Gasteiger partial charge in [0.25, 0.3) is 0 Å². The first-order valence-corrected chi connectivity index (χ1v) is 10.3. The van der Waals surface area contributed by atoms with Gasteiger partial charge in [-0.25, -0.2) is 0 Å². The van der Waals surface area contributed by atoms with Crippen LogP contribution in [0, 0.1) is 0 Å². The van der Waals surface area contributed by atoms with E-state index in [0.29, 0.717) is 16.1 Å². The second-order valence-electron chi connectivity index (χ2n) is 7.08. The fraction of sp³-hybridized carbons (Fsp3) is 0.118. The van der Waals surface area contributed by atoms with Crippen molar-refractivity contribution in [3.8, 4) is 0 Å². The lowest BCUT2D eigenvalue weighted by Gasteiger charge is -2.25. The third-order valence-electron chi connectivity index (χ3n) is 4.86. The molecule has 0 unspecified atom stereocenters. The Bertz CT molecular complexity index is 1060. The van der Waals surface area contributed by atoms with E-state index in [1.165, 1.54) is 23.5 Å². The number of carbonyl (C=O) groups is 1. The summed E-state index contributed by atoms with van der Waals surface area (Å²) in [6, 6.07) is 15.0. The molecular formula is C17H17B3ClNO5S. The highest BCUT2D eigenvalue weighted by atomic mass is 35.5. The molecule has 0 aromatic heterocycles. The standard InChI is InChI=1S/C17H17B3ClNO5S/c18-16(10-6-8-12(21)9-7-10)14(23)13(15(22)26-16)27-28(24,25)17(19,20)11-4-2-1-3-5-11/h1-9H,18-20,22H2/t16-/m0/s1. The van der Waals surface area contributed by atoms with Gasteiger partial charge in [0.1, 0.15) is 15.7 Å². The van der Waals surface area contributed by atoms with E-state index < -0.39 is 31.7 Å². The maximum atomic E-state index is 13.0. The van der Waals surface area contributed by atoms with E-state index in [0.717, 1.165) is 0 Å². The molecule has 6 nitrogen and oxygen atoms in total. The minimum absolute atomic E-state index is 0.380. The second kappa shape index (κ2) is 6.94. The molecule has 0 saturated carbocycles. The smallest absolute Gasteiger partial charge is 0.304 e. The Morgan fingerprint density at radius 3 is 2.21 bits per heavy atom. The molecule has 0 fully saturated rings. The Hall–Kier alpha value is -2.32. The molecular weight excluding hydrogens is 398 g/mol. The summed E-state index contributed by atoms with van der Waals surface area (Å²) in [5, 5.41) is 0.488. The Labute approximate surface area is 171 Å². The largest absolute Gasteiger partial charge is 0.467 e. The molecule has 0 aliphatic carbocycles. The molecule has 1 atom stereocenters. The molecule has 142 valence electrons. The Morgan fingerprint density at radius 2 is 1.64 bits per heavy atom. The Balaban J connectivity index is 1.93. The number of carbonyl (C=O) groups excluding carboxylic acids is 1. The third kappa shape index (κ3) is 3.31. The summed E-state index contributed by atoms with van der Waals surface area (Å²) in [5.41, 5.74) is 5.31. The first-order valence-electron chi connectivity index (χ1n) is 8.48. The molecule has 2 aromatic rings. The number of benzene rings is 2. The van der Waals surface area contributed by atoms with Crippen molar-refractivity contribution in [3.63, 3.8) is 0 Å². The summed E-state index contributed by atoms with van der Waals surface area (Å²) in [5.74, 6) is -1.59. The molecule has 1 aliphatic rings. The molecule has 1 heterocycles. The van der Waals surface area contributed by atoms with Crippen LogP contribution in [-0.2, 0) is 33.9 Å². The normalized spacial score (nSPS) is 20.1. The van der Waals surface area contributed by atoms with Crippen molar-refractivity contribution in [1.29, 1.82) is 0 Å². The van der Waals surface area contributed by atoms with E-state index in [9.17, 15) is 13.2 Å². The average molecular weight is 415 g/mol. The van der Waals surface area contributed by atoms with E-state index >= 15 is 0 Å². The zero-order valence-electron chi connectivity index (χ0n) is 15.6. The first-order chi connectivity index (χ1) is 13.0. The van der Waals surface area contributed by atoms with Crippen molar-refractivity contribution >= 4 is 51.0 Å². The van der Waals surface area contributed by atoms with Crippen LogP contribution < -0.4 is 5.73 Å². The van der Waals surface area contributed by atoms with E-state index in [1.54, 1.807) is 54.6 Å². The number of hydrogen-bond acceptors (Lipinski definition) is 6. The number of rotatable bonds is 5. The summed E-state index contributed by atoms with van der Waals surface area (Å²) in [7, 11) is 0.222. The van der Waals surface area contributed by atoms with Gasteiger partial charge in [0.2, 0.25) is 17.4 Å². The summed E-state index contributed by atoms with van der Waals surface area (Å²) in [4.78, 5) is 13.0. The molecule has 3 rings (SSSR count). The van der Waals surface area contributed by atoms with Crippen molar-refractivity contribution in [2.45, 2.75) is 10.0 Å². The van der Waals surface area contributed by atoms with Crippen LogP contribution in [0.4, 0.5) is 0 Å². The van der Waals surface area contributed by atoms with Crippen LogP contribution in [0.5, 0.6) is 0 Å². The zero-order valence-corrected chi connectivity index (χ0v) is 17.2. The Kier molecular flexibility index (Phi) is 5.06. The molecule has 1 aliphatic heterocycles. The van der Waals surface area contributed by atoms with Crippen molar-refractivity contribution in [3.05, 3.63) is 82.4 Å². The van der Waals surface area contributed by atoms with Crippen molar-refractivity contribution < 1.29 is 22.1 Å². The average Bonchev–Trinajstić information content (AvgIpc) is 2.86. The van der Waals surface area contributed by atoms with E-state index in [1.807, 2.05) is 0 Å². The molecule has 0 radical (unpaired) electrons. The summed E-state index contributed by atoms with van der Waals surface area (Å²) in [6.07, 6.45) is 0. The van der Waals surface area contributed by atoms with Gasteiger partial charge in [-0.2, -0.15) is 8.42 Å². The van der Waals surface area contributed by atoms with E-state index in [2.05, 4.69) is 0 Å². The molecule has 0 bridgehead atoms. The maximum absolute atomic E-state index is 13.0. The van der Waals surface area contributed by atoms with Crippen LogP contribution in [0.3, 0.4) is 0 Å². The zero-order chi connectivity index (χ0) is 20.7. The topological polar surface area (TPSA) is 95.7 Å². The first kappa shape index (κ1) is 20.4. The van der Waals surface area contributed by atoms with Gasteiger partial charge < -0.3 is 14.7 Å². The predicted octanol–water partition coefficient (Wildman–Crippen LogP) is -0.724. The van der Waals surface area contributed by atoms with Gasteiger partial charge in [-0.1, -0.05) is 54.1 Å². The summed E-state index contributed by atoms with van der Waals surface area (Å²) in [6.45, 7) is 0. The molecule has 0 amide bonds. The highest BCUT2D eigenvalue weighted by Gasteiger charge is 2.50. The summed E-state index contributed by atoms with van der Waals surface area (Å²) >= 11 is 5.89. The Morgan fingerprint density at radius 1 is 1.07 bits per heavy atom. The maximum Gasteiger partial charge on any atom is 0.304 e. The fourth-order valence-electron chi connectivity index (χ4n) is 2.88. The predicted molar refractivity (Wildman–Crippen MR) is 114 cm³/mol. The van der Waals surface area contributed by atoms with Crippen molar-refractivity contribution in [1.82, 2.24) is 0 Å². The quantitative estimate of drug-likeness (QED) is 0.512. The number of ketones is 1. The lowest BCUT2D eigenvalue weighted by molar-refractivity contribution is -0.126. The van der Waals surface area contributed by atoms with Gasteiger partial charge in [0.05, 0.1) is 4.55 Å². The van der Waals surface area contributed by atoms with Crippen LogP contribution in [0.25, 0.3) is 0 Å². The summed E-state index contributed by atoms with van der Waals surface area (Å²) < 4.78 is 35.2. The second-order valence-corrected chi connectivity index (χ2v) is 9.61.